The van der Waals surface area contributed by atoms with Crippen LogP contribution in [0, 0.1) is 11.3 Å². The van der Waals surface area contributed by atoms with Crippen LogP contribution in [-0.2, 0) is 0 Å². The Labute approximate surface area is 111 Å². The quantitative estimate of drug-likeness (QED) is 0.823. The second-order valence-corrected chi connectivity index (χ2v) is 7.64. The summed E-state index contributed by atoms with van der Waals surface area (Å²) >= 11 is 2.13. The van der Waals surface area contributed by atoms with Crippen LogP contribution in [0.2, 0.25) is 0 Å². The summed E-state index contributed by atoms with van der Waals surface area (Å²) in [6.45, 7) is 9.38. The van der Waals surface area contributed by atoms with E-state index < -0.39 is 0 Å². The summed E-state index contributed by atoms with van der Waals surface area (Å²) in [7, 11) is 0. The molecule has 0 radical (unpaired) electrons. The van der Waals surface area contributed by atoms with Crippen molar-refractivity contribution in [3.05, 3.63) is 0 Å². The van der Waals surface area contributed by atoms with Crippen molar-refractivity contribution in [2.75, 3.05) is 24.6 Å². The molecule has 100 valence electrons. The van der Waals surface area contributed by atoms with Crippen LogP contribution in [-0.4, -0.2) is 41.6 Å². The first-order valence-corrected chi connectivity index (χ1v) is 8.25. The molecular weight excluding hydrogens is 228 g/mol. The Morgan fingerprint density at radius 2 is 2.18 bits per heavy atom. The molecule has 2 N–H and O–H groups in total. The maximum absolute atomic E-state index is 6.03. The average molecular weight is 256 g/mol. The van der Waals surface area contributed by atoms with E-state index >= 15 is 0 Å². The predicted octanol–water partition coefficient (Wildman–Crippen LogP) is 2.58. The molecule has 2 nitrogen and oxygen atoms in total. The molecule has 3 atom stereocenters. The highest BCUT2D eigenvalue weighted by Gasteiger charge is 2.41. The number of nitrogens with zero attached hydrogens (tertiary/aromatic N) is 1. The van der Waals surface area contributed by atoms with Crippen LogP contribution >= 0.6 is 11.8 Å². The first-order valence-electron chi connectivity index (χ1n) is 7.10. The summed E-state index contributed by atoms with van der Waals surface area (Å²) in [6, 6.07) is 1.35. The van der Waals surface area contributed by atoms with Crippen LogP contribution in [0.25, 0.3) is 0 Å². The molecule has 2 aliphatic heterocycles. The third-order valence-corrected chi connectivity index (χ3v) is 5.91. The topological polar surface area (TPSA) is 29.3 Å². The molecule has 0 aromatic rings. The minimum Gasteiger partial charge on any atom is -0.329 e. The van der Waals surface area contributed by atoms with Gasteiger partial charge in [0.05, 0.1) is 0 Å². The van der Waals surface area contributed by atoms with Gasteiger partial charge in [0, 0.05) is 24.4 Å². The zero-order valence-electron chi connectivity index (χ0n) is 11.6. The Kier molecular flexibility index (Phi) is 4.43. The Morgan fingerprint density at radius 1 is 1.41 bits per heavy atom. The maximum Gasteiger partial charge on any atom is 0.0247 e. The Morgan fingerprint density at radius 3 is 2.82 bits per heavy atom. The summed E-state index contributed by atoms with van der Waals surface area (Å²) < 4.78 is 0. The smallest absolute Gasteiger partial charge is 0.0247 e. The summed E-state index contributed by atoms with van der Waals surface area (Å²) in [5, 5.41) is 0. The molecule has 2 fully saturated rings. The van der Waals surface area contributed by atoms with Gasteiger partial charge in [-0.25, -0.2) is 0 Å². The molecule has 2 rings (SSSR count). The maximum atomic E-state index is 6.03. The molecule has 0 saturated carbocycles. The van der Waals surface area contributed by atoms with E-state index in [9.17, 15) is 0 Å². The Bertz CT molecular complexity index is 255. The number of piperidine rings is 1. The highest BCUT2D eigenvalue weighted by Crippen LogP contribution is 2.40. The minimum absolute atomic E-state index is 0.468. The molecule has 0 aliphatic carbocycles. The first-order chi connectivity index (χ1) is 8.06. The van der Waals surface area contributed by atoms with E-state index in [0.717, 1.165) is 18.5 Å². The second kappa shape index (κ2) is 5.50. The zero-order chi connectivity index (χ0) is 12.5. The molecule has 2 saturated heterocycles. The SMILES string of the molecule is CC1CCCN(C2CSCCC2(C)C)C1CN. The van der Waals surface area contributed by atoms with Crippen molar-refractivity contribution < 1.29 is 0 Å². The van der Waals surface area contributed by atoms with Crippen molar-refractivity contribution >= 4 is 11.8 Å². The summed E-state index contributed by atoms with van der Waals surface area (Å²) in [4.78, 5) is 2.75. The molecule has 3 heteroatoms. The molecule has 0 spiro atoms. The third-order valence-electron chi connectivity index (χ3n) is 4.87. The first kappa shape index (κ1) is 13.7. The number of thioether (sulfide) groups is 1. The lowest BCUT2D eigenvalue weighted by molar-refractivity contribution is 0.0143. The van der Waals surface area contributed by atoms with Crippen LogP contribution < -0.4 is 5.73 Å². The normalized spacial score (nSPS) is 39.2. The van der Waals surface area contributed by atoms with Crippen molar-refractivity contribution in [1.82, 2.24) is 4.90 Å². The molecule has 0 aromatic carbocycles. The van der Waals surface area contributed by atoms with Gasteiger partial charge in [0.1, 0.15) is 0 Å². The fourth-order valence-electron chi connectivity index (χ4n) is 3.50. The van der Waals surface area contributed by atoms with E-state index in [-0.39, 0.29) is 0 Å². The fourth-order valence-corrected chi connectivity index (χ4v) is 5.21. The van der Waals surface area contributed by atoms with E-state index in [4.69, 9.17) is 5.73 Å². The summed E-state index contributed by atoms with van der Waals surface area (Å²) in [6.07, 6.45) is 4.07. The van der Waals surface area contributed by atoms with E-state index in [0.29, 0.717) is 11.5 Å². The van der Waals surface area contributed by atoms with Crippen LogP contribution in [0.3, 0.4) is 0 Å². The minimum atomic E-state index is 0.468. The van der Waals surface area contributed by atoms with E-state index in [2.05, 4.69) is 37.4 Å². The van der Waals surface area contributed by atoms with Crippen LogP contribution in [0.15, 0.2) is 0 Å². The average Bonchev–Trinajstić information content (AvgIpc) is 2.28. The lowest BCUT2D eigenvalue weighted by Crippen LogP contribution is -2.59. The molecule has 0 amide bonds. The number of likely N-dealkylation sites (tertiary alicyclic amines) is 1. The van der Waals surface area contributed by atoms with Gasteiger partial charge in [0.25, 0.3) is 0 Å². The van der Waals surface area contributed by atoms with Crippen LogP contribution in [0.4, 0.5) is 0 Å². The number of rotatable bonds is 2. The van der Waals surface area contributed by atoms with Gasteiger partial charge >= 0.3 is 0 Å². The fraction of sp³-hybridized carbons (Fsp3) is 1.00. The molecule has 0 aromatic heterocycles. The van der Waals surface area contributed by atoms with Gasteiger partial charge in [-0.05, 0) is 42.9 Å². The monoisotopic (exact) mass is 256 g/mol. The molecular formula is C14H28N2S. The van der Waals surface area contributed by atoms with Gasteiger partial charge in [-0.3, -0.25) is 4.90 Å². The second-order valence-electron chi connectivity index (χ2n) is 6.49. The van der Waals surface area contributed by atoms with E-state index in [1.165, 1.54) is 37.3 Å². The van der Waals surface area contributed by atoms with Crippen molar-refractivity contribution in [2.45, 2.75) is 52.1 Å². The highest BCUT2D eigenvalue weighted by atomic mass is 32.2. The summed E-state index contributed by atoms with van der Waals surface area (Å²) in [5.41, 5.74) is 6.50. The van der Waals surface area contributed by atoms with Gasteiger partial charge < -0.3 is 5.73 Å². The van der Waals surface area contributed by atoms with Gasteiger partial charge in [-0.15, -0.1) is 0 Å². The standard InChI is InChI=1S/C14H28N2S/c1-11-5-4-7-16(12(11)9-15)13-10-17-8-6-14(13,2)3/h11-13H,4-10,15H2,1-3H3. The molecule has 2 aliphatic rings. The molecule has 2 heterocycles. The number of hydrogen-bond acceptors (Lipinski definition) is 3. The van der Waals surface area contributed by atoms with Crippen molar-refractivity contribution in [3.63, 3.8) is 0 Å². The van der Waals surface area contributed by atoms with E-state index in [1.807, 2.05) is 0 Å². The third kappa shape index (κ3) is 2.82. The van der Waals surface area contributed by atoms with Gasteiger partial charge in [-0.1, -0.05) is 20.8 Å². The van der Waals surface area contributed by atoms with Crippen molar-refractivity contribution in [2.24, 2.45) is 17.1 Å². The van der Waals surface area contributed by atoms with Gasteiger partial charge in [0.2, 0.25) is 0 Å². The predicted molar refractivity (Wildman–Crippen MR) is 77.5 cm³/mol. The van der Waals surface area contributed by atoms with Crippen LogP contribution in [0.1, 0.15) is 40.0 Å². The molecule has 0 bridgehead atoms. The van der Waals surface area contributed by atoms with Crippen LogP contribution in [0.5, 0.6) is 0 Å². The molecule has 3 unspecified atom stereocenters. The summed E-state index contributed by atoms with van der Waals surface area (Å²) in [5.74, 6) is 3.41. The lowest BCUT2D eigenvalue weighted by Gasteiger charge is -2.51. The largest absolute Gasteiger partial charge is 0.329 e. The van der Waals surface area contributed by atoms with Crippen molar-refractivity contribution in [1.29, 1.82) is 0 Å². The lowest BCUT2D eigenvalue weighted by atomic mass is 9.78. The Balaban J connectivity index is 2.13. The highest BCUT2D eigenvalue weighted by molar-refractivity contribution is 7.99. The van der Waals surface area contributed by atoms with Gasteiger partial charge in [-0.2, -0.15) is 11.8 Å². The Hall–Kier alpha value is 0.270. The zero-order valence-corrected chi connectivity index (χ0v) is 12.4. The number of hydrogen-bond donors (Lipinski definition) is 1. The number of nitrogens with two attached hydrogens (primary N) is 1. The van der Waals surface area contributed by atoms with Crippen molar-refractivity contribution in [3.8, 4) is 0 Å². The molecule has 17 heavy (non-hydrogen) atoms. The van der Waals surface area contributed by atoms with Gasteiger partial charge in [0.15, 0.2) is 0 Å². The van der Waals surface area contributed by atoms with E-state index in [1.54, 1.807) is 0 Å².